The van der Waals surface area contributed by atoms with E-state index < -0.39 is 10.0 Å². The van der Waals surface area contributed by atoms with Crippen LogP contribution in [0, 0.1) is 0 Å². The number of hydrogen-bond acceptors (Lipinski definition) is 3. The summed E-state index contributed by atoms with van der Waals surface area (Å²) in [5.74, 6) is 0.0701. The van der Waals surface area contributed by atoms with E-state index in [1.54, 1.807) is 42.3 Å². The normalized spacial score (nSPS) is 14.5. The summed E-state index contributed by atoms with van der Waals surface area (Å²) in [4.78, 5) is 13.5. The fraction of sp³-hybridized carbons (Fsp3) is 0.188. The average Bonchev–Trinajstić information content (AvgIpc) is 2.51. The third-order valence-corrected chi connectivity index (χ3v) is 5.73. The number of carbonyl (C=O) groups excluding carboxylic acids is 1. The molecule has 0 aliphatic carbocycles. The molecule has 0 fully saturated rings. The molecule has 1 aliphatic rings. The number of aryl methyl sites for hydroxylation is 1. The number of carbonyl (C=O) groups is 1. The Bertz CT molecular complexity index is 863. The van der Waals surface area contributed by atoms with Crippen molar-refractivity contribution in [3.63, 3.8) is 0 Å². The van der Waals surface area contributed by atoms with Crippen LogP contribution in [0.2, 0.25) is 0 Å². The van der Waals surface area contributed by atoms with E-state index in [0.717, 1.165) is 15.7 Å². The highest BCUT2D eigenvalue weighted by atomic mass is 79.9. The van der Waals surface area contributed by atoms with Gasteiger partial charge in [0.25, 0.3) is 10.0 Å². The van der Waals surface area contributed by atoms with E-state index >= 15 is 0 Å². The maximum atomic E-state index is 12.4. The van der Waals surface area contributed by atoms with Gasteiger partial charge in [0.05, 0.1) is 4.90 Å². The van der Waals surface area contributed by atoms with Gasteiger partial charge < -0.3 is 4.90 Å². The maximum Gasteiger partial charge on any atom is 0.261 e. The van der Waals surface area contributed by atoms with Gasteiger partial charge in [-0.1, -0.05) is 15.9 Å². The Kier molecular flexibility index (Phi) is 4.16. The monoisotopic (exact) mass is 394 g/mol. The molecule has 23 heavy (non-hydrogen) atoms. The summed E-state index contributed by atoms with van der Waals surface area (Å²) in [7, 11) is -1.90. The molecule has 1 aliphatic heterocycles. The van der Waals surface area contributed by atoms with E-state index in [2.05, 4.69) is 20.7 Å². The molecule has 0 spiro atoms. The van der Waals surface area contributed by atoms with Crippen LogP contribution in [0.3, 0.4) is 0 Å². The molecule has 0 unspecified atom stereocenters. The minimum Gasteiger partial charge on any atom is -0.315 e. The van der Waals surface area contributed by atoms with Crippen LogP contribution in [0.15, 0.2) is 51.8 Å². The second-order valence-corrected chi connectivity index (χ2v) is 7.95. The highest BCUT2D eigenvalue weighted by Gasteiger charge is 2.22. The van der Waals surface area contributed by atoms with Crippen molar-refractivity contribution >= 4 is 43.2 Å². The zero-order chi connectivity index (χ0) is 16.6. The third kappa shape index (κ3) is 3.25. The number of halogens is 1. The van der Waals surface area contributed by atoms with Crippen molar-refractivity contribution in [2.75, 3.05) is 16.7 Å². The Morgan fingerprint density at radius 1 is 1.09 bits per heavy atom. The van der Waals surface area contributed by atoms with Crippen LogP contribution in [-0.2, 0) is 21.2 Å². The lowest BCUT2D eigenvalue weighted by Gasteiger charge is -2.26. The first-order valence-electron chi connectivity index (χ1n) is 7.05. The number of anilines is 2. The molecular formula is C16H15BrN2O3S. The van der Waals surface area contributed by atoms with Gasteiger partial charge in [0, 0.05) is 29.3 Å². The molecule has 5 nitrogen and oxygen atoms in total. The summed E-state index contributed by atoms with van der Waals surface area (Å²) in [5.41, 5.74) is 2.28. The summed E-state index contributed by atoms with van der Waals surface area (Å²) in [6.45, 7) is 0. The average molecular weight is 395 g/mol. The van der Waals surface area contributed by atoms with Crippen LogP contribution in [0.1, 0.15) is 12.0 Å². The molecule has 0 bridgehead atoms. The van der Waals surface area contributed by atoms with Gasteiger partial charge >= 0.3 is 0 Å². The van der Waals surface area contributed by atoms with Gasteiger partial charge in [-0.05, 0) is 54.4 Å². The number of sulfonamides is 1. The van der Waals surface area contributed by atoms with Crippen molar-refractivity contribution in [3.05, 3.63) is 52.5 Å². The lowest BCUT2D eigenvalue weighted by Crippen LogP contribution is -2.31. The Labute approximate surface area is 143 Å². The smallest absolute Gasteiger partial charge is 0.261 e. The summed E-state index contributed by atoms with van der Waals surface area (Å²) in [5, 5.41) is 0. The summed E-state index contributed by atoms with van der Waals surface area (Å²) >= 11 is 3.28. The van der Waals surface area contributed by atoms with Crippen molar-refractivity contribution in [2.45, 2.75) is 17.7 Å². The van der Waals surface area contributed by atoms with Gasteiger partial charge in [0.2, 0.25) is 5.91 Å². The SMILES string of the molecule is CN1C(=O)CCc2cc(NS(=O)(=O)c3ccc(Br)cc3)ccc21. The highest BCUT2D eigenvalue weighted by molar-refractivity contribution is 9.10. The molecule has 3 rings (SSSR count). The first-order valence-corrected chi connectivity index (χ1v) is 9.32. The lowest BCUT2D eigenvalue weighted by atomic mass is 10.0. The zero-order valence-corrected chi connectivity index (χ0v) is 14.8. The van der Waals surface area contributed by atoms with Crippen molar-refractivity contribution in [2.24, 2.45) is 0 Å². The van der Waals surface area contributed by atoms with Crippen LogP contribution >= 0.6 is 15.9 Å². The van der Waals surface area contributed by atoms with Crippen LogP contribution < -0.4 is 9.62 Å². The Morgan fingerprint density at radius 2 is 1.78 bits per heavy atom. The summed E-state index contributed by atoms with van der Waals surface area (Å²) < 4.78 is 28.2. The van der Waals surface area contributed by atoms with Crippen molar-refractivity contribution < 1.29 is 13.2 Å². The molecule has 1 heterocycles. The van der Waals surface area contributed by atoms with Crippen LogP contribution in [0.25, 0.3) is 0 Å². The molecule has 0 atom stereocenters. The topological polar surface area (TPSA) is 66.5 Å². The van der Waals surface area contributed by atoms with E-state index in [4.69, 9.17) is 0 Å². The van der Waals surface area contributed by atoms with Gasteiger partial charge in [-0.2, -0.15) is 0 Å². The largest absolute Gasteiger partial charge is 0.315 e. The van der Waals surface area contributed by atoms with Crippen LogP contribution in [-0.4, -0.2) is 21.4 Å². The number of fused-ring (bicyclic) bond motifs is 1. The molecule has 2 aromatic carbocycles. The third-order valence-electron chi connectivity index (χ3n) is 3.80. The molecule has 7 heteroatoms. The predicted molar refractivity (Wildman–Crippen MR) is 93.1 cm³/mol. The van der Waals surface area contributed by atoms with Crippen LogP contribution in [0.4, 0.5) is 11.4 Å². The fourth-order valence-electron chi connectivity index (χ4n) is 2.55. The van der Waals surface area contributed by atoms with Gasteiger partial charge in [-0.15, -0.1) is 0 Å². The quantitative estimate of drug-likeness (QED) is 0.868. The second kappa shape index (κ2) is 5.98. The Morgan fingerprint density at radius 3 is 2.48 bits per heavy atom. The standard InChI is InChI=1S/C16H15BrN2O3S/c1-19-15-8-5-13(10-11(15)2-9-16(19)20)18-23(21,22)14-6-3-12(17)4-7-14/h3-8,10,18H,2,9H2,1H3. The number of nitrogens with zero attached hydrogens (tertiary/aromatic N) is 1. The zero-order valence-electron chi connectivity index (χ0n) is 12.4. The predicted octanol–water partition coefficient (Wildman–Crippen LogP) is 3.16. The summed E-state index contributed by atoms with van der Waals surface area (Å²) in [6.07, 6.45) is 1.05. The molecule has 0 saturated carbocycles. The minimum absolute atomic E-state index is 0.0701. The van der Waals surface area contributed by atoms with Gasteiger partial charge in [0.1, 0.15) is 0 Å². The number of hydrogen-bond donors (Lipinski definition) is 1. The number of rotatable bonds is 3. The maximum absolute atomic E-state index is 12.4. The van der Waals surface area contributed by atoms with Gasteiger partial charge in [-0.25, -0.2) is 8.42 Å². The molecule has 1 amide bonds. The second-order valence-electron chi connectivity index (χ2n) is 5.36. The lowest BCUT2D eigenvalue weighted by molar-refractivity contribution is -0.118. The van der Waals surface area contributed by atoms with Gasteiger partial charge in [-0.3, -0.25) is 9.52 Å². The van der Waals surface area contributed by atoms with E-state index in [1.165, 1.54) is 12.1 Å². The number of amides is 1. The van der Waals surface area contributed by atoms with Crippen LogP contribution in [0.5, 0.6) is 0 Å². The van der Waals surface area contributed by atoms with Gasteiger partial charge in [0.15, 0.2) is 0 Å². The molecule has 0 radical (unpaired) electrons. The molecule has 1 N–H and O–H groups in total. The number of benzene rings is 2. The minimum atomic E-state index is -3.63. The first-order chi connectivity index (χ1) is 10.9. The number of nitrogens with one attached hydrogen (secondary N) is 1. The van der Waals surface area contributed by atoms with E-state index in [0.29, 0.717) is 18.5 Å². The molecule has 0 saturated heterocycles. The van der Waals surface area contributed by atoms with E-state index in [1.807, 2.05) is 0 Å². The van der Waals surface area contributed by atoms with E-state index in [-0.39, 0.29) is 10.8 Å². The highest BCUT2D eigenvalue weighted by Crippen LogP contribution is 2.30. The van der Waals surface area contributed by atoms with Crippen molar-refractivity contribution in [1.29, 1.82) is 0 Å². The fourth-order valence-corrected chi connectivity index (χ4v) is 3.86. The van der Waals surface area contributed by atoms with E-state index in [9.17, 15) is 13.2 Å². The van der Waals surface area contributed by atoms with Crippen molar-refractivity contribution in [1.82, 2.24) is 0 Å². The molecular weight excluding hydrogens is 380 g/mol. The molecule has 2 aromatic rings. The first kappa shape index (κ1) is 16.0. The van der Waals surface area contributed by atoms with Crippen molar-refractivity contribution in [3.8, 4) is 0 Å². The molecule has 120 valence electrons. The summed E-state index contributed by atoms with van der Waals surface area (Å²) in [6, 6.07) is 11.7. The Balaban J connectivity index is 1.89. The Hall–Kier alpha value is -1.86. The molecule has 0 aromatic heterocycles.